The van der Waals surface area contributed by atoms with Crippen molar-refractivity contribution in [1.82, 2.24) is 15.6 Å². The molecule has 0 unspecified atom stereocenters. The summed E-state index contributed by atoms with van der Waals surface area (Å²) in [5.41, 5.74) is 2.27. The van der Waals surface area contributed by atoms with Gasteiger partial charge in [-0.1, -0.05) is 19.1 Å². The van der Waals surface area contributed by atoms with Gasteiger partial charge in [0.25, 0.3) is 0 Å². The zero-order valence-corrected chi connectivity index (χ0v) is 16.4. The van der Waals surface area contributed by atoms with Crippen molar-refractivity contribution in [2.75, 3.05) is 20.2 Å². The highest BCUT2D eigenvalue weighted by molar-refractivity contribution is 7.11. The van der Waals surface area contributed by atoms with Gasteiger partial charge in [0.1, 0.15) is 5.75 Å². The molecule has 1 aromatic heterocycles. The van der Waals surface area contributed by atoms with Gasteiger partial charge < -0.3 is 15.4 Å². The molecule has 0 aliphatic heterocycles. The molecule has 0 radical (unpaired) electrons. The van der Waals surface area contributed by atoms with Crippen LogP contribution < -0.4 is 15.4 Å². The van der Waals surface area contributed by atoms with Crippen molar-refractivity contribution in [2.24, 2.45) is 4.99 Å². The second kappa shape index (κ2) is 10.0. The average Bonchev–Trinajstić information content (AvgIpc) is 3.08. The van der Waals surface area contributed by atoms with Crippen LogP contribution in [0.15, 0.2) is 29.4 Å². The fourth-order valence-corrected chi connectivity index (χ4v) is 3.27. The Morgan fingerprint density at radius 1 is 1.28 bits per heavy atom. The molecule has 0 atom stereocenters. The fraction of sp³-hybridized carbons (Fsp3) is 0.474. The van der Waals surface area contributed by atoms with E-state index in [1.54, 1.807) is 18.4 Å². The van der Waals surface area contributed by atoms with Gasteiger partial charge in [-0.05, 0) is 31.9 Å². The summed E-state index contributed by atoms with van der Waals surface area (Å²) in [4.78, 5) is 10.5. The Morgan fingerprint density at radius 2 is 2.12 bits per heavy atom. The summed E-state index contributed by atoms with van der Waals surface area (Å²) in [5, 5.41) is 7.83. The molecule has 1 aromatic carbocycles. The molecule has 0 saturated heterocycles. The minimum Gasteiger partial charge on any atom is -0.496 e. The van der Waals surface area contributed by atoms with E-state index in [1.165, 1.54) is 15.4 Å². The minimum atomic E-state index is 0.579. The molecular formula is C19H28N4OS. The first-order valence-corrected chi connectivity index (χ1v) is 9.57. The van der Waals surface area contributed by atoms with Crippen molar-refractivity contribution in [2.45, 2.75) is 40.2 Å². The summed E-state index contributed by atoms with van der Waals surface area (Å²) in [5.74, 6) is 1.70. The molecule has 2 aromatic rings. The van der Waals surface area contributed by atoms with Crippen LogP contribution in [-0.2, 0) is 19.4 Å². The summed E-state index contributed by atoms with van der Waals surface area (Å²) in [6, 6.07) is 6.20. The van der Waals surface area contributed by atoms with Crippen LogP contribution in [0.3, 0.4) is 0 Å². The molecular weight excluding hydrogens is 332 g/mol. The van der Waals surface area contributed by atoms with E-state index in [-0.39, 0.29) is 0 Å². The molecule has 1 heterocycles. The predicted octanol–water partition coefficient (Wildman–Crippen LogP) is 3.32. The maximum atomic E-state index is 5.45. The molecule has 2 N–H and O–H groups in total. The zero-order valence-electron chi connectivity index (χ0n) is 15.6. The lowest BCUT2D eigenvalue weighted by atomic mass is 10.1. The number of aromatic nitrogens is 1. The molecule has 25 heavy (non-hydrogen) atoms. The predicted molar refractivity (Wildman–Crippen MR) is 106 cm³/mol. The van der Waals surface area contributed by atoms with Gasteiger partial charge in [-0.25, -0.2) is 9.98 Å². The van der Waals surface area contributed by atoms with Gasteiger partial charge in [-0.2, -0.15) is 0 Å². The molecule has 0 aliphatic carbocycles. The van der Waals surface area contributed by atoms with E-state index >= 15 is 0 Å². The van der Waals surface area contributed by atoms with Crippen molar-refractivity contribution in [3.05, 3.63) is 45.4 Å². The van der Waals surface area contributed by atoms with E-state index in [1.807, 2.05) is 12.3 Å². The van der Waals surface area contributed by atoms with Gasteiger partial charge >= 0.3 is 0 Å². The van der Waals surface area contributed by atoms with Crippen molar-refractivity contribution in [3.63, 3.8) is 0 Å². The largest absolute Gasteiger partial charge is 0.496 e. The topological polar surface area (TPSA) is 58.5 Å². The minimum absolute atomic E-state index is 0.579. The highest BCUT2D eigenvalue weighted by Crippen LogP contribution is 2.20. The maximum Gasteiger partial charge on any atom is 0.191 e. The third kappa shape index (κ3) is 6.05. The van der Waals surface area contributed by atoms with Crippen LogP contribution in [0.2, 0.25) is 0 Å². The summed E-state index contributed by atoms with van der Waals surface area (Å²) < 4.78 is 5.45. The molecule has 2 rings (SSSR count). The van der Waals surface area contributed by atoms with Gasteiger partial charge in [-0.15, -0.1) is 11.3 Å². The van der Waals surface area contributed by atoms with E-state index in [0.29, 0.717) is 6.54 Å². The van der Waals surface area contributed by atoms with Crippen molar-refractivity contribution in [1.29, 1.82) is 0 Å². The second-order valence-corrected chi connectivity index (χ2v) is 6.96. The quantitative estimate of drug-likeness (QED) is 0.560. The van der Waals surface area contributed by atoms with E-state index in [9.17, 15) is 0 Å². The van der Waals surface area contributed by atoms with E-state index in [2.05, 4.69) is 53.5 Å². The van der Waals surface area contributed by atoms with Gasteiger partial charge in [-0.3, -0.25) is 0 Å². The van der Waals surface area contributed by atoms with Crippen LogP contribution >= 0.6 is 11.3 Å². The average molecular weight is 361 g/mol. The number of guanidine groups is 1. The summed E-state index contributed by atoms with van der Waals surface area (Å²) in [7, 11) is 1.70. The second-order valence-electron chi connectivity index (χ2n) is 5.76. The summed E-state index contributed by atoms with van der Waals surface area (Å²) in [6.07, 6.45) is 3.93. The number of nitrogens with zero attached hydrogens (tertiary/aromatic N) is 2. The number of aliphatic imine (C=N–C) groups is 1. The molecule has 136 valence electrons. The van der Waals surface area contributed by atoms with E-state index in [4.69, 9.17) is 4.74 Å². The number of hydrogen-bond acceptors (Lipinski definition) is 4. The lowest BCUT2D eigenvalue weighted by Crippen LogP contribution is -2.38. The van der Waals surface area contributed by atoms with Crippen LogP contribution in [0.1, 0.15) is 34.9 Å². The highest BCUT2D eigenvalue weighted by Gasteiger charge is 2.05. The van der Waals surface area contributed by atoms with Crippen LogP contribution in [0, 0.1) is 6.92 Å². The molecule has 0 bridgehead atoms. The number of hydrogen-bond donors (Lipinski definition) is 2. The number of aryl methyl sites for hydroxylation is 2. The molecule has 0 aliphatic rings. The first kappa shape index (κ1) is 19.2. The third-order valence-corrected chi connectivity index (χ3v) is 4.98. The Morgan fingerprint density at radius 3 is 2.80 bits per heavy atom. The first-order valence-electron chi connectivity index (χ1n) is 8.75. The smallest absolute Gasteiger partial charge is 0.191 e. The molecule has 0 saturated carbocycles. The van der Waals surface area contributed by atoms with Gasteiger partial charge in [0.2, 0.25) is 0 Å². The van der Waals surface area contributed by atoms with E-state index < -0.39 is 0 Å². The summed E-state index contributed by atoms with van der Waals surface area (Å²) in [6.45, 7) is 8.50. The highest BCUT2D eigenvalue weighted by atomic mass is 32.1. The number of rotatable bonds is 8. The Kier molecular flexibility index (Phi) is 7.73. The number of ether oxygens (including phenoxy) is 1. The van der Waals surface area contributed by atoms with Crippen LogP contribution in [0.5, 0.6) is 5.75 Å². The SMILES string of the molecule is CCNC(=NCc1ccc(C)cc1OC)NCCc1ncc(CC)s1. The van der Waals surface area contributed by atoms with Crippen LogP contribution in [0.25, 0.3) is 0 Å². The molecule has 0 fully saturated rings. The number of benzene rings is 1. The van der Waals surface area contributed by atoms with Crippen molar-refractivity contribution < 1.29 is 4.74 Å². The lowest BCUT2D eigenvalue weighted by Gasteiger charge is -2.12. The fourth-order valence-electron chi connectivity index (χ4n) is 2.40. The Labute approximate surface area is 154 Å². The summed E-state index contributed by atoms with van der Waals surface area (Å²) >= 11 is 1.79. The molecule has 0 amide bonds. The monoisotopic (exact) mass is 360 g/mol. The van der Waals surface area contributed by atoms with Crippen molar-refractivity contribution in [3.8, 4) is 5.75 Å². The number of thiazole rings is 1. The van der Waals surface area contributed by atoms with Crippen LogP contribution in [-0.4, -0.2) is 31.1 Å². The van der Waals surface area contributed by atoms with Gasteiger partial charge in [0.15, 0.2) is 5.96 Å². The Bertz CT molecular complexity index is 696. The normalized spacial score (nSPS) is 11.4. The molecule has 0 spiro atoms. The van der Waals surface area contributed by atoms with Crippen LogP contribution in [0.4, 0.5) is 0 Å². The molecule has 5 nitrogen and oxygen atoms in total. The standard InChI is InChI=1S/C19H28N4OS/c1-5-16-13-22-18(25-16)9-10-21-19(20-6-2)23-12-15-8-7-14(3)11-17(15)24-4/h7-8,11,13H,5-6,9-10,12H2,1-4H3,(H2,20,21,23). The lowest BCUT2D eigenvalue weighted by molar-refractivity contribution is 0.409. The van der Waals surface area contributed by atoms with Crippen molar-refractivity contribution >= 4 is 17.3 Å². The number of nitrogens with one attached hydrogen (secondary N) is 2. The number of methoxy groups -OCH3 is 1. The third-order valence-electron chi connectivity index (χ3n) is 3.78. The van der Waals surface area contributed by atoms with Gasteiger partial charge in [0.05, 0.1) is 18.7 Å². The Hall–Kier alpha value is -2.08. The molecule has 6 heteroatoms. The van der Waals surface area contributed by atoms with E-state index in [0.717, 1.165) is 43.2 Å². The maximum absolute atomic E-state index is 5.45. The van der Waals surface area contributed by atoms with Gasteiger partial charge in [0, 0.05) is 36.1 Å². The Balaban J connectivity index is 1.93. The zero-order chi connectivity index (χ0) is 18.1. The first-order chi connectivity index (χ1) is 12.2.